The molecule has 41 heavy (non-hydrogen) atoms. The molecule has 0 aliphatic heterocycles. The molecule has 0 saturated heterocycles. The Kier molecular flexibility index (Phi) is 7.15. The van der Waals surface area contributed by atoms with Crippen molar-refractivity contribution in [3.63, 3.8) is 0 Å². The lowest BCUT2D eigenvalue weighted by Gasteiger charge is -2.11. The van der Waals surface area contributed by atoms with E-state index in [2.05, 4.69) is 10.6 Å². The summed E-state index contributed by atoms with van der Waals surface area (Å²) in [5.41, 5.74) is 3.45. The number of nitrogens with zero attached hydrogens (tertiary/aromatic N) is 2. The van der Waals surface area contributed by atoms with Crippen LogP contribution in [0.5, 0.6) is 0 Å². The third kappa shape index (κ3) is 6.09. The van der Waals surface area contributed by atoms with Crippen LogP contribution in [0.2, 0.25) is 0 Å². The van der Waals surface area contributed by atoms with Crippen molar-refractivity contribution in [2.45, 2.75) is 18.9 Å². The number of carbonyl (C=O) groups excluding carboxylic acids is 3. The molecule has 6 rings (SSSR count). The van der Waals surface area contributed by atoms with Gasteiger partial charge in [0.2, 0.25) is 0 Å². The number of nitrogens with one attached hydrogen (secondary N) is 2. The van der Waals surface area contributed by atoms with Gasteiger partial charge in [-0.15, -0.1) is 0 Å². The fourth-order valence-corrected chi connectivity index (χ4v) is 4.32. The van der Waals surface area contributed by atoms with Crippen LogP contribution >= 0.6 is 0 Å². The first-order valence-corrected chi connectivity index (χ1v) is 13.2. The zero-order chi connectivity index (χ0) is 28.2. The Hall–Kier alpha value is -5.44. The Morgan fingerprint density at radius 1 is 0.976 bits per heavy atom. The lowest BCUT2D eigenvalue weighted by Crippen LogP contribution is -2.27. The number of anilines is 1. The molecule has 2 amide bonds. The second kappa shape index (κ2) is 11.4. The summed E-state index contributed by atoms with van der Waals surface area (Å²) in [6.07, 6.45) is 6.51. The summed E-state index contributed by atoms with van der Waals surface area (Å²) < 4.78 is 12.9. The van der Waals surface area contributed by atoms with Gasteiger partial charge in [-0.25, -0.2) is 9.48 Å². The quantitative estimate of drug-likeness (QED) is 0.190. The Balaban J connectivity index is 1.15. The second-order valence-corrected chi connectivity index (χ2v) is 9.64. The van der Waals surface area contributed by atoms with E-state index in [9.17, 15) is 14.4 Å². The normalized spacial score (nSPS) is 12.9. The van der Waals surface area contributed by atoms with Crippen LogP contribution in [-0.2, 0) is 14.3 Å². The molecule has 0 radical (unpaired) electrons. The first-order valence-electron chi connectivity index (χ1n) is 13.2. The van der Waals surface area contributed by atoms with E-state index in [1.165, 1.54) is 6.08 Å². The van der Waals surface area contributed by atoms with Crippen LogP contribution in [0.3, 0.4) is 0 Å². The van der Waals surface area contributed by atoms with E-state index in [1.54, 1.807) is 41.2 Å². The van der Waals surface area contributed by atoms with Gasteiger partial charge in [-0.05, 0) is 55.3 Å². The summed E-state index contributed by atoms with van der Waals surface area (Å²) in [6, 6.07) is 26.0. The molecule has 204 valence electrons. The lowest BCUT2D eigenvalue weighted by atomic mass is 10.1. The van der Waals surface area contributed by atoms with Gasteiger partial charge in [0.15, 0.2) is 12.4 Å². The minimum Gasteiger partial charge on any atom is -0.454 e. The van der Waals surface area contributed by atoms with Crippen molar-refractivity contribution in [2.24, 2.45) is 0 Å². The topological polar surface area (TPSA) is 115 Å². The maximum absolute atomic E-state index is 12.5. The summed E-state index contributed by atoms with van der Waals surface area (Å²) >= 11 is 0. The Bertz CT molecular complexity index is 1730. The van der Waals surface area contributed by atoms with Gasteiger partial charge >= 0.3 is 5.97 Å². The Morgan fingerprint density at radius 3 is 2.54 bits per heavy atom. The maximum Gasteiger partial charge on any atom is 0.331 e. The van der Waals surface area contributed by atoms with E-state index >= 15 is 0 Å². The SMILES string of the molecule is O=C(COC(=O)/C=C/c1cn(-c2ccccc2)nc1-c1cc2ccccc2o1)Nc1ccccc1C(=O)NC1CC1. The van der Waals surface area contributed by atoms with Gasteiger partial charge in [-0.1, -0.05) is 48.5 Å². The van der Waals surface area contributed by atoms with Crippen molar-refractivity contribution in [1.29, 1.82) is 0 Å². The van der Waals surface area contributed by atoms with Crippen molar-refractivity contribution in [1.82, 2.24) is 15.1 Å². The molecule has 0 unspecified atom stereocenters. The first kappa shape index (κ1) is 25.8. The van der Waals surface area contributed by atoms with E-state index in [0.29, 0.717) is 28.3 Å². The van der Waals surface area contributed by atoms with E-state index < -0.39 is 18.5 Å². The molecular formula is C32H26N4O5. The first-order chi connectivity index (χ1) is 20.0. The van der Waals surface area contributed by atoms with Crippen LogP contribution in [0.25, 0.3) is 34.2 Å². The highest BCUT2D eigenvalue weighted by Gasteiger charge is 2.25. The summed E-state index contributed by atoms with van der Waals surface area (Å²) in [4.78, 5) is 37.5. The molecule has 2 heterocycles. The van der Waals surface area contributed by atoms with Gasteiger partial charge in [-0.2, -0.15) is 5.10 Å². The van der Waals surface area contributed by atoms with Gasteiger partial charge < -0.3 is 19.8 Å². The predicted molar refractivity (Wildman–Crippen MR) is 154 cm³/mol. The fraction of sp³-hybridized carbons (Fsp3) is 0.125. The highest BCUT2D eigenvalue weighted by Crippen LogP contribution is 2.30. The molecule has 1 saturated carbocycles. The highest BCUT2D eigenvalue weighted by atomic mass is 16.5. The van der Waals surface area contributed by atoms with Crippen LogP contribution in [0, 0.1) is 0 Å². The van der Waals surface area contributed by atoms with Crippen LogP contribution in [0.1, 0.15) is 28.8 Å². The number of amides is 2. The molecule has 1 fully saturated rings. The summed E-state index contributed by atoms with van der Waals surface area (Å²) in [5, 5.41) is 11.2. The predicted octanol–water partition coefficient (Wildman–Crippen LogP) is 5.37. The van der Waals surface area contributed by atoms with E-state index in [0.717, 1.165) is 29.5 Å². The Labute approximate surface area is 235 Å². The number of benzene rings is 3. The number of hydrogen-bond acceptors (Lipinski definition) is 6. The lowest BCUT2D eigenvalue weighted by molar-refractivity contribution is -0.142. The van der Waals surface area contributed by atoms with Gasteiger partial charge in [0.25, 0.3) is 11.8 Å². The summed E-state index contributed by atoms with van der Waals surface area (Å²) in [6.45, 7) is -0.512. The third-order valence-corrected chi connectivity index (χ3v) is 6.53. The average Bonchev–Trinajstić information content (AvgIpc) is 3.53. The molecule has 9 nitrogen and oxygen atoms in total. The number of furan rings is 1. The standard InChI is InChI=1S/C32H26N4O5/c37-29(34-26-12-6-5-11-25(26)32(39)33-23-15-16-23)20-40-30(38)17-14-22-19-36(24-9-2-1-3-10-24)35-31(22)28-18-21-8-4-7-13-27(21)41-28/h1-14,17-19,23H,15-16,20H2,(H,33,39)(H,34,37)/b17-14+. The highest BCUT2D eigenvalue weighted by molar-refractivity contribution is 6.04. The molecule has 2 aromatic heterocycles. The molecule has 0 bridgehead atoms. The van der Waals surface area contributed by atoms with Crippen LogP contribution < -0.4 is 10.6 Å². The van der Waals surface area contributed by atoms with Crippen LogP contribution in [0.15, 0.2) is 102 Å². The monoisotopic (exact) mass is 546 g/mol. The van der Waals surface area contributed by atoms with Crippen molar-refractivity contribution in [3.05, 3.63) is 108 Å². The molecule has 0 atom stereocenters. The van der Waals surface area contributed by atoms with E-state index in [-0.39, 0.29) is 11.9 Å². The number of ether oxygens (including phenoxy) is 1. The minimum absolute atomic E-state index is 0.186. The number of hydrogen-bond donors (Lipinski definition) is 2. The zero-order valence-corrected chi connectivity index (χ0v) is 21.9. The van der Waals surface area contributed by atoms with Crippen molar-refractivity contribution in [3.8, 4) is 17.1 Å². The number of aromatic nitrogens is 2. The maximum atomic E-state index is 12.5. The van der Waals surface area contributed by atoms with Gasteiger partial charge in [-0.3, -0.25) is 9.59 Å². The molecule has 1 aliphatic carbocycles. The smallest absolute Gasteiger partial charge is 0.331 e. The molecule has 1 aliphatic rings. The molecule has 0 spiro atoms. The molecule has 3 aromatic carbocycles. The average molecular weight is 547 g/mol. The van der Waals surface area contributed by atoms with Gasteiger partial charge in [0, 0.05) is 29.3 Å². The molecular weight excluding hydrogens is 520 g/mol. The number of para-hydroxylation sites is 3. The van der Waals surface area contributed by atoms with E-state index in [4.69, 9.17) is 14.3 Å². The van der Waals surface area contributed by atoms with Gasteiger partial charge in [0.05, 0.1) is 16.9 Å². The third-order valence-electron chi connectivity index (χ3n) is 6.53. The summed E-state index contributed by atoms with van der Waals surface area (Å²) in [7, 11) is 0. The van der Waals surface area contributed by atoms with E-state index in [1.807, 2.05) is 60.7 Å². The second-order valence-electron chi connectivity index (χ2n) is 9.64. The van der Waals surface area contributed by atoms with Crippen molar-refractivity contribution >= 4 is 40.5 Å². The van der Waals surface area contributed by atoms with Crippen LogP contribution in [0.4, 0.5) is 5.69 Å². The minimum atomic E-state index is -0.706. The van der Waals surface area contributed by atoms with Crippen molar-refractivity contribution in [2.75, 3.05) is 11.9 Å². The molecule has 2 N–H and O–H groups in total. The van der Waals surface area contributed by atoms with Crippen LogP contribution in [-0.4, -0.2) is 40.2 Å². The summed E-state index contributed by atoms with van der Waals surface area (Å²) in [5.74, 6) is -0.960. The Morgan fingerprint density at radius 2 is 1.73 bits per heavy atom. The van der Waals surface area contributed by atoms with Gasteiger partial charge in [0.1, 0.15) is 11.3 Å². The van der Waals surface area contributed by atoms with Crippen molar-refractivity contribution < 1.29 is 23.5 Å². The number of rotatable bonds is 9. The number of carbonyl (C=O) groups is 3. The number of fused-ring (bicyclic) bond motifs is 1. The number of esters is 1. The molecule has 9 heteroatoms. The molecule has 5 aromatic rings. The largest absolute Gasteiger partial charge is 0.454 e. The zero-order valence-electron chi connectivity index (χ0n) is 21.9. The fourth-order valence-electron chi connectivity index (χ4n) is 4.32.